The van der Waals surface area contributed by atoms with Crippen LogP contribution in [-0.2, 0) is 11.3 Å². The number of nitrogens with zero attached hydrogens (tertiary/aromatic N) is 2. The summed E-state index contributed by atoms with van der Waals surface area (Å²) in [4.78, 5) is 18.8. The van der Waals surface area contributed by atoms with Crippen LogP contribution in [0.25, 0.3) is 0 Å². The summed E-state index contributed by atoms with van der Waals surface area (Å²) in [5, 5.41) is 5.96. The van der Waals surface area contributed by atoms with Gasteiger partial charge in [0, 0.05) is 37.4 Å². The number of aromatic nitrogens is 1. The number of rotatable bonds is 8. The Morgan fingerprint density at radius 2 is 2.17 bits per heavy atom. The Balaban J connectivity index is 1.82. The van der Waals surface area contributed by atoms with Crippen LogP contribution in [0.15, 0.2) is 18.3 Å². The first kappa shape index (κ1) is 18.5. The quantitative estimate of drug-likeness (QED) is 0.717. The summed E-state index contributed by atoms with van der Waals surface area (Å²) in [6.07, 6.45) is 6.38. The number of nitrogens with one attached hydrogen (secondary N) is 2. The third-order valence-electron chi connectivity index (χ3n) is 4.24. The van der Waals surface area contributed by atoms with Gasteiger partial charge in [0.1, 0.15) is 5.82 Å². The van der Waals surface area contributed by atoms with Crippen LogP contribution in [0.4, 0.5) is 10.6 Å². The van der Waals surface area contributed by atoms with Gasteiger partial charge in [0.25, 0.3) is 0 Å². The highest BCUT2D eigenvalue weighted by molar-refractivity contribution is 5.74. The molecule has 2 N–H and O–H groups in total. The fraction of sp³-hybridized carbons (Fsp3) is 0.667. The minimum atomic E-state index is -0.115. The smallest absolute Gasteiger partial charge is 0.315 e. The van der Waals surface area contributed by atoms with E-state index in [1.54, 1.807) is 6.20 Å². The number of carbonyl (C=O) groups is 1. The van der Waals surface area contributed by atoms with Crippen LogP contribution >= 0.6 is 0 Å². The van der Waals surface area contributed by atoms with Gasteiger partial charge in [-0.2, -0.15) is 0 Å². The van der Waals surface area contributed by atoms with E-state index >= 15 is 0 Å². The Morgan fingerprint density at radius 1 is 1.38 bits per heavy atom. The summed E-state index contributed by atoms with van der Waals surface area (Å²) in [6.45, 7) is 7.84. The molecule has 0 saturated carbocycles. The van der Waals surface area contributed by atoms with Crippen molar-refractivity contribution in [1.29, 1.82) is 0 Å². The van der Waals surface area contributed by atoms with Gasteiger partial charge < -0.3 is 20.3 Å². The molecule has 1 aliphatic heterocycles. The maximum atomic E-state index is 12.1. The van der Waals surface area contributed by atoms with Gasteiger partial charge in [-0.25, -0.2) is 9.78 Å². The van der Waals surface area contributed by atoms with Crippen LogP contribution in [0, 0.1) is 0 Å². The lowest BCUT2D eigenvalue weighted by Gasteiger charge is -2.29. The highest BCUT2D eigenvalue weighted by Gasteiger charge is 2.16. The van der Waals surface area contributed by atoms with Gasteiger partial charge in [0.15, 0.2) is 0 Å². The number of unbranched alkanes of at least 4 members (excludes halogenated alkanes) is 2. The maximum absolute atomic E-state index is 12.1. The van der Waals surface area contributed by atoms with Crippen LogP contribution in [0.5, 0.6) is 0 Å². The number of pyridine rings is 1. The lowest BCUT2D eigenvalue weighted by Crippen LogP contribution is -2.41. The lowest BCUT2D eigenvalue weighted by molar-refractivity contribution is 0.122. The standard InChI is InChI=1S/C18H30N4O2/c1-3-4-5-7-15(2)21-18(23)20-14-16-8-6-9-19-17(16)22-10-12-24-13-11-22/h6,8-9,15H,3-5,7,10-14H2,1-2H3,(H2,20,21,23). The number of amides is 2. The Morgan fingerprint density at radius 3 is 2.92 bits per heavy atom. The summed E-state index contributed by atoms with van der Waals surface area (Å²) in [6, 6.07) is 4.01. The normalized spacial score (nSPS) is 15.8. The maximum Gasteiger partial charge on any atom is 0.315 e. The molecule has 134 valence electrons. The van der Waals surface area contributed by atoms with E-state index in [1.807, 2.05) is 12.1 Å². The van der Waals surface area contributed by atoms with Crippen molar-refractivity contribution in [3.8, 4) is 0 Å². The molecule has 1 aromatic heterocycles. The summed E-state index contributed by atoms with van der Waals surface area (Å²) < 4.78 is 5.39. The first-order valence-electron chi connectivity index (χ1n) is 9.01. The van der Waals surface area contributed by atoms with Crippen molar-refractivity contribution >= 4 is 11.8 Å². The third-order valence-corrected chi connectivity index (χ3v) is 4.24. The van der Waals surface area contributed by atoms with E-state index in [1.165, 1.54) is 12.8 Å². The molecule has 24 heavy (non-hydrogen) atoms. The van der Waals surface area contributed by atoms with Crippen LogP contribution < -0.4 is 15.5 Å². The Kier molecular flexibility index (Phi) is 7.82. The number of hydrogen-bond donors (Lipinski definition) is 2. The van der Waals surface area contributed by atoms with Crippen molar-refractivity contribution in [2.24, 2.45) is 0 Å². The van der Waals surface area contributed by atoms with Crippen molar-refractivity contribution in [3.05, 3.63) is 23.9 Å². The largest absolute Gasteiger partial charge is 0.378 e. The number of hydrogen-bond acceptors (Lipinski definition) is 4. The topological polar surface area (TPSA) is 66.5 Å². The van der Waals surface area contributed by atoms with Crippen LogP contribution in [0.1, 0.15) is 45.1 Å². The molecule has 1 aliphatic rings. The number of carbonyl (C=O) groups excluding carboxylic acids is 1. The van der Waals surface area contributed by atoms with E-state index in [-0.39, 0.29) is 12.1 Å². The molecule has 0 aliphatic carbocycles. The van der Waals surface area contributed by atoms with Gasteiger partial charge in [0.2, 0.25) is 0 Å². The highest BCUT2D eigenvalue weighted by atomic mass is 16.5. The van der Waals surface area contributed by atoms with Crippen molar-refractivity contribution in [2.45, 2.75) is 52.1 Å². The second-order valence-corrected chi connectivity index (χ2v) is 6.31. The zero-order valence-electron chi connectivity index (χ0n) is 14.9. The predicted molar refractivity (Wildman–Crippen MR) is 96.2 cm³/mol. The van der Waals surface area contributed by atoms with Crippen molar-refractivity contribution < 1.29 is 9.53 Å². The van der Waals surface area contributed by atoms with Gasteiger partial charge in [-0.3, -0.25) is 0 Å². The average molecular weight is 334 g/mol. The van der Waals surface area contributed by atoms with Gasteiger partial charge in [-0.05, 0) is 19.4 Å². The van der Waals surface area contributed by atoms with Gasteiger partial charge in [0.05, 0.1) is 13.2 Å². The second kappa shape index (κ2) is 10.1. The summed E-state index contributed by atoms with van der Waals surface area (Å²) >= 11 is 0. The molecule has 2 heterocycles. The molecule has 1 atom stereocenters. The molecule has 1 fully saturated rings. The van der Waals surface area contributed by atoms with Gasteiger partial charge in [-0.15, -0.1) is 0 Å². The monoisotopic (exact) mass is 334 g/mol. The Labute approximate surface area is 145 Å². The zero-order chi connectivity index (χ0) is 17.2. The predicted octanol–water partition coefficient (Wildman–Crippen LogP) is 2.69. The number of urea groups is 1. The SMILES string of the molecule is CCCCCC(C)NC(=O)NCc1cccnc1N1CCOCC1. The van der Waals surface area contributed by atoms with E-state index in [9.17, 15) is 4.79 Å². The average Bonchev–Trinajstić information content (AvgIpc) is 2.61. The van der Waals surface area contributed by atoms with Gasteiger partial charge >= 0.3 is 6.03 Å². The van der Waals surface area contributed by atoms with Crippen molar-refractivity contribution in [3.63, 3.8) is 0 Å². The highest BCUT2D eigenvalue weighted by Crippen LogP contribution is 2.18. The molecule has 1 unspecified atom stereocenters. The van der Waals surface area contributed by atoms with E-state index < -0.39 is 0 Å². The molecule has 1 aromatic rings. The molecule has 2 amide bonds. The molecule has 0 radical (unpaired) electrons. The molecule has 6 heteroatoms. The van der Waals surface area contributed by atoms with Crippen molar-refractivity contribution in [2.75, 3.05) is 31.2 Å². The molecular formula is C18H30N4O2. The molecule has 0 aromatic carbocycles. The Hall–Kier alpha value is -1.82. The minimum absolute atomic E-state index is 0.115. The molecular weight excluding hydrogens is 304 g/mol. The van der Waals surface area contributed by atoms with E-state index in [0.29, 0.717) is 6.54 Å². The first-order chi connectivity index (χ1) is 11.7. The van der Waals surface area contributed by atoms with Gasteiger partial charge in [-0.1, -0.05) is 32.3 Å². The molecule has 1 saturated heterocycles. The van der Waals surface area contributed by atoms with E-state index in [0.717, 1.165) is 50.5 Å². The third kappa shape index (κ3) is 6.00. The fourth-order valence-corrected chi connectivity index (χ4v) is 2.85. The van der Waals surface area contributed by atoms with E-state index in [4.69, 9.17) is 4.74 Å². The van der Waals surface area contributed by atoms with Crippen LogP contribution in [-0.4, -0.2) is 43.4 Å². The van der Waals surface area contributed by atoms with E-state index in [2.05, 4.69) is 34.4 Å². The molecule has 0 spiro atoms. The lowest BCUT2D eigenvalue weighted by atomic mass is 10.1. The molecule has 0 bridgehead atoms. The fourth-order valence-electron chi connectivity index (χ4n) is 2.85. The summed E-state index contributed by atoms with van der Waals surface area (Å²) in [5.41, 5.74) is 1.04. The van der Waals surface area contributed by atoms with Crippen molar-refractivity contribution in [1.82, 2.24) is 15.6 Å². The Bertz CT molecular complexity index is 504. The minimum Gasteiger partial charge on any atom is -0.378 e. The van der Waals surface area contributed by atoms with Crippen LogP contribution in [0.2, 0.25) is 0 Å². The number of ether oxygens (including phenoxy) is 1. The zero-order valence-corrected chi connectivity index (χ0v) is 14.9. The summed E-state index contributed by atoms with van der Waals surface area (Å²) in [5.74, 6) is 0.942. The molecule has 2 rings (SSSR count). The first-order valence-corrected chi connectivity index (χ1v) is 9.01. The summed E-state index contributed by atoms with van der Waals surface area (Å²) in [7, 11) is 0. The van der Waals surface area contributed by atoms with Crippen LogP contribution in [0.3, 0.4) is 0 Å². The number of anilines is 1. The number of morpholine rings is 1. The molecule has 6 nitrogen and oxygen atoms in total. The second-order valence-electron chi connectivity index (χ2n) is 6.31.